The summed E-state index contributed by atoms with van der Waals surface area (Å²) in [4.78, 5) is 14.3. The average Bonchev–Trinajstić information content (AvgIpc) is 3.06. The third-order valence-corrected chi connectivity index (χ3v) is 4.59. The van der Waals surface area contributed by atoms with Crippen LogP contribution in [0.15, 0.2) is 24.3 Å². The first-order valence-electron chi connectivity index (χ1n) is 6.05. The molecule has 5 heteroatoms. The Morgan fingerprint density at radius 1 is 1.50 bits per heavy atom. The Bertz CT molecular complexity index is 574. The quantitative estimate of drug-likeness (QED) is 0.901. The number of nitrogens with one attached hydrogen (secondary N) is 1. The van der Waals surface area contributed by atoms with Crippen LogP contribution in [0.4, 0.5) is 0 Å². The summed E-state index contributed by atoms with van der Waals surface area (Å²) in [6, 6.07) is 8.08. The van der Waals surface area contributed by atoms with Gasteiger partial charge in [0, 0.05) is 24.2 Å². The third kappa shape index (κ3) is 1.88. The Hall–Kier alpha value is -1.49. The number of benzene rings is 1. The molecule has 1 unspecified atom stereocenters. The zero-order valence-electron chi connectivity index (χ0n) is 10.2. The highest BCUT2D eigenvalue weighted by Gasteiger charge is 2.26. The summed E-state index contributed by atoms with van der Waals surface area (Å²) in [7, 11) is 1.88. The fraction of sp³-hybridized carbons (Fsp3) is 0.385. The van der Waals surface area contributed by atoms with Gasteiger partial charge in [0.15, 0.2) is 5.69 Å². The minimum absolute atomic E-state index is 0.0138. The number of hydrogen-bond acceptors (Lipinski definition) is 3. The maximum atomic E-state index is 12.4. The van der Waals surface area contributed by atoms with Gasteiger partial charge in [-0.25, -0.2) is 0 Å². The number of fused-ring (bicyclic) bond motifs is 1. The van der Waals surface area contributed by atoms with Gasteiger partial charge < -0.3 is 4.90 Å². The molecular weight excluding hydrogens is 246 g/mol. The first kappa shape index (κ1) is 11.6. The molecule has 94 valence electrons. The van der Waals surface area contributed by atoms with Crippen molar-refractivity contribution >= 4 is 28.6 Å². The molecule has 1 amide bonds. The summed E-state index contributed by atoms with van der Waals surface area (Å²) in [5, 5.41) is 7.98. The van der Waals surface area contributed by atoms with E-state index in [-0.39, 0.29) is 5.91 Å². The van der Waals surface area contributed by atoms with E-state index >= 15 is 0 Å². The van der Waals surface area contributed by atoms with Crippen molar-refractivity contribution < 1.29 is 4.79 Å². The fourth-order valence-electron chi connectivity index (χ4n) is 2.29. The smallest absolute Gasteiger partial charge is 0.275 e. The molecular formula is C13H15N3OS. The van der Waals surface area contributed by atoms with Crippen LogP contribution >= 0.6 is 11.8 Å². The summed E-state index contributed by atoms with van der Waals surface area (Å²) < 4.78 is 0. The number of amides is 1. The van der Waals surface area contributed by atoms with Gasteiger partial charge in [0.25, 0.3) is 5.91 Å². The summed E-state index contributed by atoms with van der Waals surface area (Å²) in [6.07, 6.45) is 1.08. The maximum absolute atomic E-state index is 12.4. The van der Waals surface area contributed by atoms with Crippen LogP contribution in [0.2, 0.25) is 0 Å². The number of nitrogens with zero attached hydrogens (tertiary/aromatic N) is 2. The summed E-state index contributed by atoms with van der Waals surface area (Å²) in [5.41, 5.74) is 1.44. The molecule has 1 aliphatic heterocycles. The first-order chi connectivity index (χ1) is 8.77. The molecule has 0 bridgehead atoms. The number of carbonyl (C=O) groups excluding carboxylic acids is 1. The average molecular weight is 261 g/mol. The zero-order chi connectivity index (χ0) is 12.5. The van der Waals surface area contributed by atoms with Gasteiger partial charge >= 0.3 is 0 Å². The number of aromatic amines is 1. The summed E-state index contributed by atoms with van der Waals surface area (Å²) in [5.74, 6) is 2.19. The van der Waals surface area contributed by atoms with Crippen molar-refractivity contribution in [1.29, 1.82) is 0 Å². The standard InChI is InChI=1S/C13H15N3OS/c1-16(9-6-7-18-8-9)13(17)12-10-4-2-3-5-11(10)14-15-12/h2-5,9H,6-8H2,1H3,(H,14,15). The molecule has 3 rings (SSSR count). The molecule has 0 aliphatic carbocycles. The minimum Gasteiger partial charge on any atom is -0.336 e. The van der Waals surface area contributed by atoms with Crippen molar-refractivity contribution in [3.05, 3.63) is 30.0 Å². The Morgan fingerprint density at radius 3 is 3.11 bits per heavy atom. The molecule has 2 heterocycles. The molecule has 0 radical (unpaired) electrons. The maximum Gasteiger partial charge on any atom is 0.275 e. The van der Waals surface area contributed by atoms with Gasteiger partial charge in [0.1, 0.15) is 0 Å². The van der Waals surface area contributed by atoms with E-state index in [0.29, 0.717) is 11.7 Å². The molecule has 1 N–H and O–H groups in total. The van der Waals surface area contributed by atoms with Crippen molar-refractivity contribution in [1.82, 2.24) is 15.1 Å². The van der Waals surface area contributed by atoms with Gasteiger partial charge in [-0.05, 0) is 18.2 Å². The summed E-state index contributed by atoms with van der Waals surface area (Å²) in [6.45, 7) is 0. The molecule has 1 atom stereocenters. The van der Waals surface area contributed by atoms with Crippen LogP contribution in [-0.4, -0.2) is 45.6 Å². The molecule has 0 spiro atoms. The van der Waals surface area contributed by atoms with Gasteiger partial charge in [0.2, 0.25) is 0 Å². The van der Waals surface area contributed by atoms with Gasteiger partial charge in [0.05, 0.1) is 5.52 Å². The van der Waals surface area contributed by atoms with Crippen molar-refractivity contribution in [3.8, 4) is 0 Å². The van der Waals surface area contributed by atoms with Crippen LogP contribution in [0.5, 0.6) is 0 Å². The van der Waals surface area contributed by atoms with E-state index in [1.807, 2.05) is 48.0 Å². The number of hydrogen-bond donors (Lipinski definition) is 1. The van der Waals surface area contributed by atoms with Gasteiger partial charge in [-0.1, -0.05) is 18.2 Å². The lowest BCUT2D eigenvalue weighted by molar-refractivity contribution is 0.0744. The van der Waals surface area contributed by atoms with Crippen LogP contribution in [0.1, 0.15) is 16.9 Å². The van der Waals surface area contributed by atoms with E-state index in [1.165, 1.54) is 0 Å². The molecule has 18 heavy (non-hydrogen) atoms. The van der Waals surface area contributed by atoms with Crippen molar-refractivity contribution in [2.75, 3.05) is 18.6 Å². The number of para-hydroxylation sites is 1. The lowest BCUT2D eigenvalue weighted by atomic mass is 10.1. The van der Waals surface area contributed by atoms with Crippen LogP contribution in [0.3, 0.4) is 0 Å². The second-order valence-corrected chi connectivity index (χ2v) is 5.70. The highest BCUT2D eigenvalue weighted by Crippen LogP contribution is 2.24. The molecule has 1 aliphatic rings. The van der Waals surface area contributed by atoms with E-state index in [1.54, 1.807) is 0 Å². The van der Waals surface area contributed by atoms with Gasteiger partial charge in [-0.3, -0.25) is 9.89 Å². The van der Waals surface area contributed by atoms with Crippen LogP contribution < -0.4 is 0 Å². The number of carbonyl (C=O) groups is 1. The number of rotatable bonds is 2. The lowest BCUT2D eigenvalue weighted by Gasteiger charge is -2.22. The topological polar surface area (TPSA) is 49.0 Å². The van der Waals surface area contributed by atoms with Gasteiger partial charge in [-0.2, -0.15) is 16.9 Å². The van der Waals surface area contributed by atoms with E-state index in [0.717, 1.165) is 28.8 Å². The molecule has 1 aromatic heterocycles. The van der Waals surface area contributed by atoms with E-state index in [2.05, 4.69) is 10.2 Å². The Kier molecular flexibility index (Phi) is 2.99. The van der Waals surface area contributed by atoms with Crippen LogP contribution in [0.25, 0.3) is 10.9 Å². The number of thioether (sulfide) groups is 1. The second-order valence-electron chi connectivity index (χ2n) is 4.55. The van der Waals surface area contributed by atoms with Crippen molar-refractivity contribution in [3.63, 3.8) is 0 Å². The predicted molar refractivity (Wildman–Crippen MR) is 73.9 cm³/mol. The molecule has 0 saturated carbocycles. The van der Waals surface area contributed by atoms with E-state index < -0.39 is 0 Å². The molecule has 1 aromatic carbocycles. The molecule has 2 aromatic rings. The Morgan fingerprint density at radius 2 is 2.33 bits per heavy atom. The predicted octanol–water partition coefficient (Wildman–Crippen LogP) is 2.14. The van der Waals surface area contributed by atoms with E-state index in [9.17, 15) is 4.79 Å². The highest BCUT2D eigenvalue weighted by atomic mass is 32.2. The molecule has 1 fully saturated rings. The molecule has 4 nitrogen and oxygen atoms in total. The normalized spacial score (nSPS) is 19.3. The third-order valence-electron chi connectivity index (χ3n) is 3.45. The Balaban J connectivity index is 1.91. The number of H-pyrrole nitrogens is 1. The van der Waals surface area contributed by atoms with Crippen LogP contribution in [-0.2, 0) is 0 Å². The fourth-order valence-corrected chi connectivity index (χ4v) is 3.55. The molecule has 1 saturated heterocycles. The monoisotopic (exact) mass is 261 g/mol. The lowest BCUT2D eigenvalue weighted by Crippen LogP contribution is -2.37. The highest BCUT2D eigenvalue weighted by molar-refractivity contribution is 7.99. The first-order valence-corrected chi connectivity index (χ1v) is 7.21. The van der Waals surface area contributed by atoms with E-state index in [4.69, 9.17) is 0 Å². The SMILES string of the molecule is CN(C(=O)c1n[nH]c2ccccc12)C1CCSC1. The van der Waals surface area contributed by atoms with Crippen LogP contribution in [0, 0.1) is 0 Å². The number of aromatic nitrogens is 2. The van der Waals surface area contributed by atoms with Crippen molar-refractivity contribution in [2.45, 2.75) is 12.5 Å². The Labute approximate surface area is 110 Å². The zero-order valence-corrected chi connectivity index (χ0v) is 11.0. The van der Waals surface area contributed by atoms with Gasteiger partial charge in [-0.15, -0.1) is 0 Å². The minimum atomic E-state index is 0.0138. The summed E-state index contributed by atoms with van der Waals surface area (Å²) >= 11 is 1.91. The largest absolute Gasteiger partial charge is 0.336 e. The second kappa shape index (κ2) is 4.65. The van der Waals surface area contributed by atoms with Crippen molar-refractivity contribution in [2.24, 2.45) is 0 Å².